The topological polar surface area (TPSA) is 96.4 Å². The second-order valence-corrected chi connectivity index (χ2v) is 15.4. The number of hydrogen-bond donors (Lipinski definition) is 1. The third kappa shape index (κ3) is 6.55. The first-order chi connectivity index (χ1) is 15.1. The van der Waals surface area contributed by atoms with Crippen molar-refractivity contribution in [2.75, 3.05) is 24.8 Å². The maximum Gasteiger partial charge on any atom is 0.333 e. The predicted molar refractivity (Wildman–Crippen MR) is 124 cm³/mol. The van der Waals surface area contributed by atoms with Gasteiger partial charge >= 0.3 is 12.0 Å². The van der Waals surface area contributed by atoms with Crippen LogP contribution in [-0.2, 0) is 14.3 Å². The molecule has 1 saturated carbocycles. The van der Waals surface area contributed by atoms with Gasteiger partial charge < -0.3 is 14.6 Å². The van der Waals surface area contributed by atoms with Gasteiger partial charge in [0, 0.05) is 33.3 Å². The van der Waals surface area contributed by atoms with Crippen LogP contribution in [0.2, 0.25) is 25.7 Å². The molecular weight excluding hydrogens is 428 g/mol. The van der Waals surface area contributed by atoms with Crippen LogP contribution in [0.4, 0.5) is 10.5 Å². The first-order valence-corrected chi connectivity index (χ1v) is 15.0. The molecule has 9 heteroatoms. The minimum absolute atomic E-state index is 0.00879. The summed E-state index contributed by atoms with van der Waals surface area (Å²) in [6.07, 6.45) is 2.97. The number of urea groups is 1. The Balaban J connectivity index is 1.54. The molecule has 0 bridgehead atoms. The average Bonchev–Trinajstić information content (AvgIpc) is 2.73. The highest BCUT2D eigenvalue weighted by atomic mass is 28.3. The average molecular weight is 463 g/mol. The molecule has 2 fully saturated rings. The number of amides is 3. The molecule has 0 radical (unpaired) electrons. The van der Waals surface area contributed by atoms with Crippen LogP contribution < -0.4 is 9.64 Å². The van der Waals surface area contributed by atoms with Crippen LogP contribution in [0.1, 0.15) is 32.1 Å². The van der Waals surface area contributed by atoms with E-state index in [1.807, 2.05) is 24.3 Å². The quantitative estimate of drug-likeness (QED) is 0.437. The lowest BCUT2D eigenvalue weighted by Gasteiger charge is -2.34. The minimum Gasteiger partial charge on any atom is -0.490 e. The zero-order valence-electron chi connectivity index (χ0n) is 19.2. The van der Waals surface area contributed by atoms with E-state index in [-0.39, 0.29) is 37.1 Å². The lowest BCUT2D eigenvalue weighted by atomic mass is 9.87. The third-order valence-corrected chi connectivity index (χ3v) is 7.71. The van der Waals surface area contributed by atoms with Crippen molar-refractivity contribution >= 4 is 31.7 Å². The maximum absolute atomic E-state index is 12.9. The van der Waals surface area contributed by atoms with Crippen molar-refractivity contribution < 1.29 is 29.0 Å². The molecule has 8 nitrogen and oxygen atoms in total. The summed E-state index contributed by atoms with van der Waals surface area (Å²) in [6.45, 7) is 7.63. The van der Waals surface area contributed by atoms with Crippen molar-refractivity contribution in [3.05, 3.63) is 24.3 Å². The van der Waals surface area contributed by atoms with Gasteiger partial charge in [-0.25, -0.2) is 9.69 Å². The van der Waals surface area contributed by atoms with Crippen LogP contribution in [0.3, 0.4) is 0 Å². The SMILES string of the molecule is C[Si](C)(C)CCOCN1C(=O)CCN(c2ccc(O[C@H]3CC[C@H](C(=O)O)CC3)cc2)C1=O. The highest BCUT2D eigenvalue weighted by Gasteiger charge is 2.33. The standard InChI is InChI=1S/C23H34N2O6Si/c1-32(2,3)15-14-30-16-25-21(26)12-13-24(23(25)29)18-6-10-20(11-7-18)31-19-8-4-17(5-9-19)22(27)28/h6-7,10-11,17,19H,4-5,8-9,12-16H2,1-3H3,(H,27,28)/t17-,19-. The summed E-state index contributed by atoms with van der Waals surface area (Å²) in [4.78, 5) is 39.0. The van der Waals surface area contributed by atoms with E-state index in [1.165, 1.54) is 4.90 Å². The number of carboxylic acids is 1. The monoisotopic (exact) mass is 462 g/mol. The molecule has 0 aromatic heterocycles. The first-order valence-electron chi connectivity index (χ1n) is 11.3. The fourth-order valence-electron chi connectivity index (χ4n) is 3.92. The fraction of sp³-hybridized carbons (Fsp3) is 0.609. The van der Waals surface area contributed by atoms with Crippen molar-refractivity contribution in [1.82, 2.24) is 4.90 Å². The molecule has 2 aliphatic rings. The Labute approximate surface area is 190 Å². The highest BCUT2D eigenvalue weighted by molar-refractivity contribution is 6.76. The van der Waals surface area contributed by atoms with E-state index in [0.717, 1.165) is 18.9 Å². The summed E-state index contributed by atoms with van der Waals surface area (Å²) in [6, 6.07) is 7.88. The second kappa shape index (κ2) is 10.5. The maximum atomic E-state index is 12.9. The second-order valence-electron chi connectivity index (χ2n) is 9.78. The Kier molecular flexibility index (Phi) is 7.94. The minimum atomic E-state index is -1.24. The van der Waals surface area contributed by atoms with Gasteiger partial charge in [0.15, 0.2) is 0 Å². The largest absolute Gasteiger partial charge is 0.490 e. The van der Waals surface area contributed by atoms with Crippen LogP contribution in [0.25, 0.3) is 0 Å². The number of nitrogens with zero attached hydrogens (tertiary/aromatic N) is 2. The Bertz CT molecular complexity index is 815. The number of hydrogen-bond acceptors (Lipinski definition) is 5. The number of benzene rings is 1. The molecule has 0 spiro atoms. The molecule has 0 atom stereocenters. The molecule has 1 aliphatic carbocycles. The number of anilines is 1. The van der Waals surface area contributed by atoms with E-state index in [4.69, 9.17) is 14.6 Å². The zero-order chi connectivity index (χ0) is 23.3. The van der Waals surface area contributed by atoms with E-state index in [1.54, 1.807) is 4.90 Å². The van der Waals surface area contributed by atoms with Crippen LogP contribution in [0, 0.1) is 5.92 Å². The zero-order valence-corrected chi connectivity index (χ0v) is 20.2. The summed E-state index contributed by atoms with van der Waals surface area (Å²) in [5, 5.41) is 9.11. The smallest absolute Gasteiger partial charge is 0.333 e. The summed E-state index contributed by atoms with van der Waals surface area (Å²) in [5.41, 5.74) is 0.705. The van der Waals surface area contributed by atoms with Gasteiger partial charge in [0.05, 0.1) is 12.0 Å². The van der Waals surface area contributed by atoms with E-state index < -0.39 is 14.0 Å². The van der Waals surface area contributed by atoms with Crippen LogP contribution in [0.15, 0.2) is 24.3 Å². The van der Waals surface area contributed by atoms with Gasteiger partial charge in [-0.05, 0) is 56.0 Å². The van der Waals surface area contributed by atoms with Gasteiger partial charge in [0.1, 0.15) is 12.5 Å². The molecular formula is C23H34N2O6Si. The number of carboxylic acid groups (broad SMARTS) is 1. The van der Waals surface area contributed by atoms with Crippen LogP contribution >= 0.6 is 0 Å². The Morgan fingerprint density at radius 3 is 2.34 bits per heavy atom. The van der Waals surface area contributed by atoms with Gasteiger partial charge in [-0.15, -0.1) is 0 Å². The van der Waals surface area contributed by atoms with Crippen molar-refractivity contribution in [2.45, 2.75) is 63.9 Å². The Morgan fingerprint density at radius 1 is 1.09 bits per heavy atom. The molecule has 1 heterocycles. The molecule has 176 valence electrons. The van der Waals surface area contributed by atoms with Gasteiger partial charge in [0.25, 0.3) is 0 Å². The number of imide groups is 1. The third-order valence-electron chi connectivity index (χ3n) is 6.00. The Hall–Kier alpha value is -2.39. The van der Waals surface area contributed by atoms with Gasteiger partial charge in [-0.1, -0.05) is 19.6 Å². The summed E-state index contributed by atoms with van der Waals surface area (Å²) < 4.78 is 11.6. The number of rotatable bonds is 9. The lowest BCUT2D eigenvalue weighted by Crippen LogP contribution is -2.53. The van der Waals surface area contributed by atoms with Crippen molar-refractivity contribution in [1.29, 1.82) is 0 Å². The van der Waals surface area contributed by atoms with E-state index in [0.29, 0.717) is 37.4 Å². The molecule has 0 unspecified atom stereocenters. The summed E-state index contributed by atoms with van der Waals surface area (Å²) in [7, 11) is -1.24. The first kappa shape index (κ1) is 24.3. The number of carbonyl (C=O) groups is 3. The molecule has 3 rings (SSSR count). The summed E-state index contributed by atoms with van der Waals surface area (Å²) in [5.74, 6) is -0.517. The van der Waals surface area contributed by atoms with Crippen LogP contribution in [0.5, 0.6) is 5.75 Å². The van der Waals surface area contributed by atoms with Gasteiger partial charge in [0.2, 0.25) is 5.91 Å². The number of carbonyl (C=O) groups excluding carboxylic acids is 2. The van der Waals surface area contributed by atoms with Crippen LogP contribution in [-0.4, -0.2) is 62.0 Å². The normalized spacial score (nSPS) is 22.2. The molecule has 1 aromatic rings. The fourth-order valence-corrected chi connectivity index (χ4v) is 4.67. The molecule has 32 heavy (non-hydrogen) atoms. The Morgan fingerprint density at radius 2 is 1.75 bits per heavy atom. The van der Waals surface area contributed by atoms with E-state index in [9.17, 15) is 14.4 Å². The number of ether oxygens (including phenoxy) is 2. The van der Waals surface area contributed by atoms with E-state index in [2.05, 4.69) is 19.6 Å². The highest BCUT2D eigenvalue weighted by Crippen LogP contribution is 2.29. The lowest BCUT2D eigenvalue weighted by molar-refractivity contribution is -0.143. The predicted octanol–water partition coefficient (Wildman–Crippen LogP) is 4.18. The molecule has 1 aromatic carbocycles. The van der Waals surface area contributed by atoms with E-state index >= 15 is 0 Å². The van der Waals surface area contributed by atoms with Crippen molar-refractivity contribution in [2.24, 2.45) is 5.92 Å². The van der Waals surface area contributed by atoms with Crippen molar-refractivity contribution in [3.8, 4) is 5.75 Å². The molecule has 1 N–H and O–H groups in total. The number of aliphatic carboxylic acids is 1. The van der Waals surface area contributed by atoms with Gasteiger partial charge in [-0.3, -0.25) is 14.5 Å². The summed E-state index contributed by atoms with van der Waals surface area (Å²) >= 11 is 0. The molecule has 1 aliphatic heterocycles. The molecule has 3 amide bonds. The molecule has 1 saturated heterocycles. The van der Waals surface area contributed by atoms with Gasteiger partial charge in [-0.2, -0.15) is 0 Å². The van der Waals surface area contributed by atoms with Crippen molar-refractivity contribution in [3.63, 3.8) is 0 Å².